The van der Waals surface area contributed by atoms with Gasteiger partial charge < -0.3 is 22.1 Å². The van der Waals surface area contributed by atoms with E-state index in [9.17, 15) is 5.11 Å². The second kappa shape index (κ2) is 5.40. The smallest absolute Gasteiger partial charge is 0.180 e. The summed E-state index contributed by atoms with van der Waals surface area (Å²) in [5, 5.41) is 10.4. The molecule has 1 aromatic carbocycles. The molecule has 3 heteroatoms. The number of rotatable bonds is 2. The van der Waals surface area contributed by atoms with Gasteiger partial charge in [-0.1, -0.05) is 25.5 Å². The lowest BCUT2D eigenvalue weighted by Gasteiger charge is -2.35. The summed E-state index contributed by atoms with van der Waals surface area (Å²) in [7, 11) is 4.38. The van der Waals surface area contributed by atoms with E-state index < -0.39 is 0 Å². The van der Waals surface area contributed by atoms with Crippen molar-refractivity contribution in [1.29, 1.82) is 0 Å². The SMILES string of the molecule is CCCc1ccc2c(c1O)[N+](C)(C)CCC2.[Br-]. The fourth-order valence-corrected chi connectivity index (χ4v) is 2.79. The van der Waals surface area contributed by atoms with Gasteiger partial charge in [0.2, 0.25) is 0 Å². The first-order chi connectivity index (χ1) is 7.56. The molecule has 0 spiro atoms. The average Bonchev–Trinajstić information content (AvgIpc) is 2.21. The number of fused-ring (bicyclic) bond motifs is 1. The highest BCUT2D eigenvalue weighted by Gasteiger charge is 2.31. The zero-order chi connectivity index (χ0) is 11.8. The van der Waals surface area contributed by atoms with Crippen LogP contribution < -0.4 is 21.5 Å². The van der Waals surface area contributed by atoms with Crippen molar-refractivity contribution in [3.63, 3.8) is 0 Å². The number of benzene rings is 1. The molecule has 0 saturated heterocycles. The fraction of sp³-hybridized carbons (Fsp3) is 0.571. The van der Waals surface area contributed by atoms with Gasteiger partial charge in [-0.25, -0.2) is 0 Å². The molecule has 2 rings (SSSR count). The molecular weight excluding hydrogens is 278 g/mol. The first kappa shape index (κ1) is 14.5. The molecule has 96 valence electrons. The van der Waals surface area contributed by atoms with Crippen molar-refractivity contribution in [2.45, 2.75) is 32.6 Å². The van der Waals surface area contributed by atoms with Gasteiger partial charge in [-0.3, -0.25) is 4.48 Å². The summed E-state index contributed by atoms with van der Waals surface area (Å²) in [5.41, 5.74) is 3.58. The number of nitrogens with zero attached hydrogens (tertiary/aromatic N) is 1. The van der Waals surface area contributed by atoms with Gasteiger partial charge in [0, 0.05) is 17.5 Å². The van der Waals surface area contributed by atoms with E-state index in [0.717, 1.165) is 41.5 Å². The average molecular weight is 300 g/mol. The third-order valence-electron chi connectivity index (χ3n) is 3.61. The Morgan fingerprint density at radius 1 is 1.29 bits per heavy atom. The second-order valence-corrected chi connectivity index (χ2v) is 5.34. The van der Waals surface area contributed by atoms with Gasteiger partial charge in [-0.2, -0.15) is 0 Å². The van der Waals surface area contributed by atoms with Gasteiger partial charge in [-0.15, -0.1) is 0 Å². The lowest BCUT2D eigenvalue weighted by Crippen LogP contribution is -3.00. The number of quaternary nitrogens is 1. The Morgan fingerprint density at radius 2 is 2.00 bits per heavy atom. The maximum absolute atomic E-state index is 10.4. The summed E-state index contributed by atoms with van der Waals surface area (Å²) in [6.45, 7) is 3.27. The quantitative estimate of drug-likeness (QED) is 0.754. The number of hydrogen-bond donors (Lipinski definition) is 1. The molecule has 2 nitrogen and oxygen atoms in total. The normalized spacial score (nSPS) is 17.1. The Kier molecular flexibility index (Phi) is 4.62. The number of phenolic OH excluding ortho intramolecular Hbond substituents is 1. The van der Waals surface area contributed by atoms with Crippen molar-refractivity contribution in [2.75, 3.05) is 20.6 Å². The summed E-state index contributed by atoms with van der Waals surface area (Å²) in [4.78, 5) is 0. The Hall–Kier alpha value is -0.540. The molecule has 1 aromatic rings. The van der Waals surface area contributed by atoms with Gasteiger partial charge in [0.1, 0.15) is 0 Å². The van der Waals surface area contributed by atoms with Gasteiger partial charge in [0.25, 0.3) is 0 Å². The molecule has 0 aromatic heterocycles. The highest BCUT2D eigenvalue weighted by Crippen LogP contribution is 2.40. The highest BCUT2D eigenvalue weighted by molar-refractivity contribution is 5.64. The molecular formula is C14H22BrNO. The number of aryl methyl sites for hydroxylation is 2. The number of phenols is 1. The van der Waals surface area contributed by atoms with Crippen LogP contribution in [0.3, 0.4) is 0 Å². The van der Waals surface area contributed by atoms with E-state index in [0.29, 0.717) is 5.75 Å². The maximum atomic E-state index is 10.4. The fourth-order valence-electron chi connectivity index (χ4n) is 2.79. The maximum Gasteiger partial charge on any atom is 0.180 e. The zero-order valence-electron chi connectivity index (χ0n) is 11.0. The minimum Gasteiger partial charge on any atom is -1.00 e. The Labute approximate surface area is 115 Å². The lowest BCUT2D eigenvalue weighted by atomic mass is 9.95. The van der Waals surface area contributed by atoms with Crippen molar-refractivity contribution in [3.8, 4) is 5.75 Å². The van der Waals surface area contributed by atoms with E-state index in [1.165, 1.54) is 12.0 Å². The molecule has 0 saturated carbocycles. The van der Waals surface area contributed by atoms with E-state index >= 15 is 0 Å². The molecule has 0 radical (unpaired) electrons. The molecule has 0 amide bonds. The molecule has 1 heterocycles. The van der Waals surface area contributed by atoms with Crippen molar-refractivity contribution < 1.29 is 22.1 Å². The zero-order valence-corrected chi connectivity index (χ0v) is 12.5. The Morgan fingerprint density at radius 3 is 2.65 bits per heavy atom. The predicted octanol–water partition coefficient (Wildman–Crippen LogP) is -0.138. The van der Waals surface area contributed by atoms with Gasteiger partial charge in [-0.05, 0) is 12.8 Å². The van der Waals surface area contributed by atoms with Crippen LogP contribution in [0.1, 0.15) is 30.9 Å². The van der Waals surface area contributed by atoms with Crippen molar-refractivity contribution in [2.24, 2.45) is 0 Å². The minimum atomic E-state index is 0. The van der Waals surface area contributed by atoms with Crippen LogP contribution in [0.5, 0.6) is 5.75 Å². The number of hydrogen-bond acceptors (Lipinski definition) is 1. The van der Waals surface area contributed by atoms with Gasteiger partial charge >= 0.3 is 0 Å². The largest absolute Gasteiger partial charge is 1.00 e. The molecule has 17 heavy (non-hydrogen) atoms. The second-order valence-electron chi connectivity index (χ2n) is 5.34. The number of aromatic hydroxyl groups is 1. The van der Waals surface area contributed by atoms with Crippen LogP contribution in [0, 0.1) is 0 Å². The summed E-state index contributed by atoms with van der Waals surface area (Å²) in [6.07, 6.45) is 4.38. The molecule has 1 N–H and O–H groups in total. The minimum absolute atomic E-state index is 0. The number of halogens is 1. The summed E-state index contributed by atoms with van der Waals surface area (Å²) in [5.74, 6) is 0.545. The molecule has 0 bridgehead atoms. The predicted molar refractivity (Wildman–Crippen MR) is 68.9 cm³/mol. The molecule has 1 aliphatic rings. The third kappa shape index (κ3) is 2.66. The van der Waals surface area contributed by atoms with Crippen molar-refractivity contribution in [3.05, 3.63) is 23.3 Å². The first-order valence-electron chi connectivity index (χ1n) is 6.23. The van der Waals surface area contributed by atoms with Crippen LogP contribution in [-0.2, 0) is 12.8 Å². The Balaban J connectivity index is 0.00000144. The van der Waals surface area contributed by atoms with Crippen LogP contribution in [-0.4, -0.2) is 25.7 Å². The molecule has 0 aliphatic carbocycles. The van der Waals surface area contributed by atoms with Gasteiger partial charge in [0.05, 0.1) is 20.6 Å². The molecule has 1 aliphatic heterocycles. The van der Waals surface area contributed by atoms with E-state index in [1.807, 2.05) is 0 Å². The molecule has 0 fully saturated rings. The third-order valence-corrected chi connectivity index (χ3v) is 3.61. The lowest BCUT2D eigenvalue weighted by molar-refractivity contribution is -0.00000463. The topological polar surface area (TPSA) is 20.2 Å². The van der Waals surface area contributed by atoms with Crippen molar-refractivity contribution in [1.82, 2.24) is 4.48 Å². The van der Waals surface area contributed by atoms with E-state index in [2.05, 4.69) is 33.2 Å². The van der Waals surface area contributed by atoms with Crippen molar-refractivity contribution >= 4 is 5.69 Å². The van der Waals surface area contributed by atoms with Crippen LogP contribution in [0.2, 0.25) is 0 Å². The van der Waals surface area contributed by atoms with Crippen LogP contribution in [0.15, 0.2) is 12.1 Å². The van der Waals surface area contributed by atoms with Crippen LogP contribution in [0.25, 0.3) is 0 Å². The monoisotopic (exact) mass is 299 g/mol. The van der Waals surface area contributed by atoms with E-state index in [-0.39, 0.29) is 17.0 Å². The summed E-state index contributed by atoms with van der Waals surface area (Å²) < 4.78 is 0.818. The summed E-state index contributed by atoms with van der Waals surface area (Å²) in [6, 6.07) is 4.31. The first-order valence-corrected chi connectivity index (χ1v) is 6.23. The Bertz CT molecular complexity index is 401. The molecule has 0 unspecified atom stereocenters. The van der Waals surface area contributed by atoms with Gasteiger partial charge in [0.15, 0.2) is 11.4 Å². The standard InChI is InChI=1S/C14H21NO.BrH/c1-4-6-12-9-8-11-7-5-10-15(2,3)13(11)14(12)16;/h8-9H,4-7,10H2,1-3H3;1H. The molecule has 0 atom stereocenters. The van der Waals surface area contributed by atoms with E-state index in [4.69, 9.17) is 0 Å². The van der Waals surface area contributed by atoms with E-state index in [1.54, 1.807) is 0 Å². The van der Waals surface area contributed by atoms with Crippen LogP contribution in [0.4, 0.5) is 5.69 Å². The highest BCUT2D eigenvalue weighted by atomic mass is 79.9. The summed E-state index contributed by atoms with van der Waals surface area (Å²) >= 11 is 0. The van der Waals surface area contributed by atoms with Crippen LogP contribution >= 0.6 is 0 Å².